The summed E-state index contributed by atoms with van der Waals surface area (Å²) in [5.74, 6) is 0.289. The second kappa shape index (κ2) is 4.27. The van der Waals surface area contributed by atoms with Crippen molar-refractivity contribution in [2.24, 2.45) is 0 Å². The monoisotopic (exact) mass is 259 g/mol. The molecule has 1 unspecified atom stereocenters. The van der Waals surface area contributed by atoms with E-state index in [1.807, 2.05) is 6.92 Å². The summed E-state index contributed by atoms with van der Waals surface area (Å²) in [6.07, 6.45) is 1.11. The zero-order valence-corrected chi connectivity index (χ0v) is 10.0. The van der Waals surface area contributed by atoms with Crippen LogP contribution in [0.1, 0.15) is 29.0 Å². The summed E-state index contributed by atoms with van der Waals surface area (Å²) in [4.78, 5) is 15.4. The van der Waals surface area contributed by atoms with Crippen LogP contribution in [0.3, 0.4) is 0 Å². The lowest BCUT2D eigenvalue weighted by Gasteiger charge is -2.06. The molecule has 0 saturated heterocycles. The predicted molar refractivity (Wildman–Crippen MR) is 65.4 cm³/mol. The predicted octanol–water partition coefficient (Wildman–Crippen LogP) is 1.56. The molecule has 0 aliphatic carbocycles. The topological polar surface area (TPSA) is 79.8 Å². The first-order valence-corrected chi connectivity index (χ1v) is 5.70. The van der Waals surface area contributed by atoms with Gasteiger partial charge in [0.2, 0.25) is 0 Å². The van der Waals surface area contributed by atoms with Gasteiger partial charge in [-0.25, -0.2) is 9.37 Å². The Labute approximate surface area is 108 Å². The third-order valence-electron chi connectivity index (χ3n) is 2.84. The molecule has 0 radical (unpaired) electrons. The molecule has 0 aromatic carbocycles. The second-order valence-electron chi connectivity index (χ2n) is 4.22. The summed E-state index contributed by atoms with van der Waals surface area (Å²) in [5.41, 5.74) is 1.12. The summed E-state index contributed by atoms with van der Waals surface area (Å²) in [6.45, 7) is 1.87. The lowest BCUT2D eigenvalue weighted by Crippen LogP contribution is -2.16. The van der Waals surface area contributed by atoms with Crippen LogP contribution in [0.4, 0.5) is 16.0 Å². The van der Waals surface area contributed by atoms with E-state index in [0.717, 1.165) is 11.8 Å². The third-order valence-corrected chi connectivity index (χ3v) is 2.84. The van der Waals surface area contributed by atoms with Crippen molar-refractivity contribution in [3.63, 3.8) is 0 Å². The molecule has 19 heavy (non-hydrogen) atoms. The summed E-state index contributed by atoms with van der Waals surface area (Å²) < 4.78 is 12.7. The van der Waals surface area contributed by atoms with Crippen LogP contribution < -0.4 is 10.6 Å². The summed E-state index contributed by atoms with van der Waals surface area (Å²) in [5, 5.41) is 13.4. The number of pyridine rings is 1. The number of carbonyl (C=O) groups excluding carboxylic acids is 1. The van der Waals surface area contributed by atoms with Gasteiger partial charge in [-0.3, -0.25) is 4.79 Å². The summed E-state index contributed by atoms with van der Waals surface area (Å²) in [7, 11) is 0. The molecule has 1 aliphatic heterocycles. The van der Waals surface area contributed by atoms with Gasteiger partial charge in [0.25, 0.3) is 5.91 Å². The fourth-order valence-corrected chi connectivity index (χ4v) is 1.90. The number of amides is 1. The zero-order chi connectivity index (χ0) is 13.4. The number of halogens is 1. The molecule has 1 aliphatic rings. The summed E-state index contributed by atoms with van der Waals surface area (Å²) in [6, 6.07) is 4.43. The molecule has 0 fully saturated rings. The van der Waals surface area contributed by atoms with Crippen LogP contribution in [0, 0.1) is 5.82 Å². The Morgan fingerprint density at radius 1 is 1.32 bits per heavy atom. The first kappa shape index (κ1) is 11.5. The lowest BCUT2D eigenvalue weighted by atomic mass is 10.1. The number of carbonyl (C=O) groups is 1. The number of fused-ring (bicyclic) bond motifs is 1. The van der Waals surface area contributed by atoms with Gasteiger partial charge in [0.15, 0.2) is 11.5 Å². The molecule has 0 bridgehead atoms. The van der Waals surface area contributed by atoms with E-state index in [-0.39, 0.29) is 11.9 Å². The Morgan fingerprint density at radius 2 is 2.16 bits per heavy atom. The van der Waals surface area contributed by atoms with Gasteiger partial charge in [-0.15, -0.1) is 10.2 Å². The molecule has 6 nitrogen and oxygen atoms in total. The van der Waals surface area contributed by atoms with Crippen molar-refractivity contribution in [3.8, 4) is 0 Å². The minimum Gasteiger partial charge on any atom is -0.344 e. The molecule has 2 aromatic rings. The Balaban J connectivity index is 1.89. The number of aromatic nitrogens is 3. The average Bonchev–Trinajstić information content (AvgIpc) is 2.68. The zero-order valence-electron chi connectivity index (χ0n) is 10.0. The van der Waals surface area contributed by atoms with Gasteiger partial charge in [0.05, 0.1) is 12.2 Å². The largest absolute Gasteiger partial charge is 0.344 e. The van der Waals surface area contributed by atoms with Gasteiger partial charge in [0.1, 0.15) is 11.6 Å². The van der Waals surface area contributed by atoms with E-state index in [4.69, 9.17) is 0 Å². The molecule has 1 amide bonds. The first-order chi connectivity index (χ1) is 9.13. The van der Waals surface area contributed by atoms with Crippen LogP contribution in [0.15, 0.2) is 24.4 Å². The van der Waals surface area contributed by atoms with E-state index in [1.165, 1.54) is 12.1 Å². The molecule has 1 atom stereocenters. The average molecular weight is 259 g/mol. The Bertz CT molecular complexity index is 643. The maximum atomic E-state index is 12.7. The van der Waals surface area contributed by atoms with Gasteiger partial charge >= 0.3 is 0 Å². The minimum absolute atomic E-state index is 0.0975. The van der Waals surface area contributed by atoms with E-state index < -0.39 is 5.82 Å². The smallest absolute Gasteiger partial charge is 0.272 e. The molecule has 3 rings (SSSR count). The van der Waals surface area contributed by atoms with E-state index >= 15 is 0 Å². The van der Waals surface area contributed by atoms with Gasteiger partial charge in [-0.05, 0) is 25.1 Å². The first-order valence-electron chi connectivity index (χ1n) is 5.70. The van der Waals surface area contributed by atoms with E-state index in [1.54, 1.807) is 6.07 Å². The molecule has 2 N–H and O–H groups in total. The normalized spacial score (nSPS) is 16.9. The quantitative estimate of drug-likeness (QED) is 0.855. The Morgan fingerprint density at radius 3 is 2.89 bits per heavy atom. The van der Waals surface area contributed by atoms with Crippen molar-refractivity contribution in [1.29, 1.82) is 0 Å². The number of anilines is 2. The molecule has 2 aromatic heterocycles. The van der Waals surface area contributed by atoms with Gasteiger partial charge in [-0.2, -0.15) is 0 Å². The number of hydrogen-bond donors (Lipinski definition) is 2. The SMILES string of the molecule is CC1NC(=O)c2nnc(Nc3ccc(F)cn3)cc21. The fraction of sp³-hybridized carbons (Fsp3) is 0.167. The van der Waals surface area contributed by atoms with Crippen molar-refractivity contribution in [3.05, 3.63) is 41.5 Å². The highest BCUT2D eigenvalue weighted by Gasteiger charge is 2.27. The standard InChI is InChI=1S/C12H10FN5O/c1-6-8-4-10(17-18-11(8)12(19)15-6)16-9-3-2-7(13)5-14-9/h2-6H,1H3,(H,15,19)(H,14,16,17). The Hall–Kier alpha value is -2.57. The van der Waals surface area contributed by atoms with Crippen molar-refractivity contribution in [2.75, 3.05) is 5.32 Å². The molecular formula is C12H10FN5O. The minimum atomic E-state index is -0.408. The highest BCUT2D eigenvalue weighted by Crippen LogP contribution is 2.25. The molecular weight excluding hydrogens is 249 g/mol. The lowest BCUT2D eigenvalue weighted by molar-refractivity contribution is 0.0953. The number of nitrogens with zero attached hydrogens (tertiary/aromatic N) is 3. The van der Waals surface area contributed by atoms with Crippen molar-refractivity contribution < 1.29 is 9.18 Å². The molecule has 0 spiro atoms. The van der Waals surface area contributed by atoms with Crippen LogP contribution in [-0.2, 0) is 0 Å². The molecule has 0 saturated carbocycles. The van der Waals surface area contributed by atoms with Crippen LogP contribution in [0.2, 0.25) is 0 Å². The maximum absolute atomic E-state index is 12.7. The van der Waals surface area contributed by atoms with Crippen molar-refractivity contribution >= 4 is 17.5 Å². The van der Waals surface area contributed by atoms with Gasteiger partial charge in [-0.1, -0.05) is 0 Å². The van der Waals surface area contributed by atoms with Gasteiger partial charge in [0, 0.05) is 5.56 Å². The fourth-order valence-electron chi connectivity index (χ4n) is 1.90. The number of hydrogen-bond acceptors (Lipinski definition) is 5. The van der Waals surface area contributed by atoms with Crippen molar-refractivity contribution in [2.45, 2.75) is 13.0 Å². The third kappa shape index (κ3) is 2.10. The number of nitrogens with one attached hydrogen (secondary N) is 2. The van der Waals surface area contributed by atoms with E-state index in [0.29, 0.717) is 17.3 Å². The highest BCUT2D eigenvalue weighted by atomic mass is 19.1. The van der Waals surface area contributed by atoms with Crippen LogP contribution in [-0.4, -0.2) is 21.1 Å². The summed E-state index contributed by atoms with van der Waals surface area (Å²) >= 11 is 0. The maximum Gasteiger partial charge on any atom is 0.272 e. The van der Waals surface area contributed by atoms with Crippen molar-refractivity contribution in [1.82, 2.24) is 20.5 Å². The Kier molecular flexibility index (Phi) is 2.59. The molecule has 3 heterocycles. The van der Waals surface area contributed by atoms with E-state index in [9.17, 15) is 9.18 Å². The highest BCUT2D eigenvalue weighted by molar-refractivity contribution is 5.97. The van der Waals surface area contributed by atoms with Gasteiger partial charge < -0.3 is 10.6 Å². The second-order valence-corrected chi connectivity index (χ2v) is 4.22. The van der Waals surface area contributed by atoms with Crippen LogP contribution in [0.25, 0.3) is 0 Å². The molecule has 7 heteroatoms. The molecule has 96 valence electrons. The number of rotatable bonds is 2. The van der Waals surface area contributed by atoms with Crippen LogP contribution in [0.5, 0.6) is 0 Å². The van der Waals surface area contributed by atoms with Crippen LogP contribution >= 0.6 is 0 Å². The van der Waals surface area contributed by atoms with E-state index in [2.05, 4.69) is 25.8 Å².